The summed E-state index contributed by atoms with van der Waals surface area (Å²) < 4.78 is 0. The largest absolute Gasteiger partial charge is 0.234 e. The molecule has 0 aliphatic carbocycles. The molecule has 0 aromatic carbocycles. The van der Waals surface area contributed by atoms with Gasteiger partial charge >= 0.3 is 0 Å². The summed E-state index contributed by atoms with van der Waals surface area (Å²) >= 11 is 0. The molecule has 0 spiro atoms. The fourth-order valence-electron chi connectivity index (χ4n) is 5.21. The maximum atomic E-state index is 9.69. The number of isocyanates is 2. The van der Waals surface area contributed by atoms with Gasteiger partial charge in [-0.05, 0) is 18.8 Å². The standard InChI is InChI=1S/C18H38.2C10H19NO/c1-4-7-10-12-14-17-18(15-9-6-3)16-13-11-8-5-2;2*1-2-3-4-5-6-7-8-9-11-10-12/h18H,4-17H2,1-3H3;2*2-9H2,1H3. The fraction of sp³-hybridized carbons (Fsp3) is 0.947. The Labute approximate surface area is 264 Å². The first kappa shape index (κ1) is 45.2. The third-order valence-corrected chi connectivity index (χ3v) is 8.02. The highest BCUT2D eigenvalue weighted by atomic mass is 16.1. The van der Waals surface area contributed by atoms with Crippen molar-refractivity contribution in [1.82, 2.24) is 0 Å². The minimum atomic E-state index is 0.664. The molecular formula is C38H76N2O2. The fourth-order valence-corrected chi connectivity index (χ4v) is 5.21. The van der Waals surface area contributed by atoms with Gasteiger partial charge in [-0.1, -0.05) is 202 Å². The van der Waals surface area contributed by atoms with E-state index in [0.29, 0.717) is 13.1 Å². The number of unbranched alkanes of at least 4 members (excludes halogenated alkanes) is 20. The summed E-state index contributed by atoms with van der Waals surface area (Å²) in [5.41, 5.74) is 0. The average molecular weight is 593 g/mol. The summed E-state index contributed by atoms with van der Waals surface area (Å²) in [4.78, 5) is 26.4. The first-order chi connectivity index (χ1) is 20.7. The molecule has 0 saturated heterocycles. The van der Waals surface area contributed by atoms with E-state index in [2.05, 4.69) is 44.6 Å². The molecule has 0 aromatic heterocycles. The van der Waals surface area contributed by atoms with E-state index in [0.717, 1.165) is 18.8 Å². The summed E-state index contributed by atoms with van der Waals surface area (Å²) in [6.07, 6.45) is 41.2. The Bertz CT molecular complexity index is 521. The Kier molecular flexibility index (Phi) is 50.3. The summed E-state index contributed by atoms with van der Waals surface area (Å²) in [7, 11) is 0. The molecule has 42 heavy (non-hydrogen) atoms. The topological polar surface area (TPSA) is 58.9 Å². The predicted octanol–water partition coefficient (Wildman–Crippen LogP) is 13.3. The Hall–Kier alpha value is -1.24. The molecule has 4 heteroatoms. The second kappa shape index (κ2) is 46.7. The van der Waals surface area contributed by atoms with Gasteiger partial charge in [0.25, 0.3) is 0 Å². The zero-order valence-electron chi connectivity index (χ0n) is 29.5. The van der Waals surface area contributed by atoms with Crippen molar-refractivity contribution in [2.75, 3.05) is 13.1 Å². The number of rotatable bonds is 30. The molecule has 0 saturated carbocycles. The quantitative estimate of drug-likeness (QED) is 0.0473. The summed E-state index contributed by atoms with van der Waals surface area (Å²) in [5.74, 6) is 1.04. The zero-order valence-corrected chi connectivity index (χ0v) is 29.5. The van der Waals surface area contributed by atoms with Crippen LogP contribution in [0.15, 0.2) is 9.98 Å². The maximum Gasteiger partial charge on any atom is 0.234 e. The van der Waals surface area contributed by atoms with Crippen LogP contribution in [0.4, 0.5) is 0 Å². The molecule has 0 amide bonds. The van der Waals surface area contributed by atoms with E-state index in [4.69, 9.17) is 0 Å². The average Bonchev–Trinajstić information content (AvgIpc) is 3.01. The van der Waals surface area contributed by atoms with Crippen LogP contribution in [0.3, 0.4) is 0 Å². The van der Waals surface area contributed by atoms with Gasteiger partial charge in [-0.2, -0.15) is 0 Å². The van der Waals surface area contributed by atoms with E-state index in [1.807, 2.05) is 0 Å². The second-order valence-electron chi connectivity index (χ2n) is 12.2. The molecule has 0 bridgehead atoms. The van der Waals surface area contributed by atoms with E-state index in [1.54, 1.807) is 12.2 Å². The highest BCUT2D eigenvalue weighted by Gasteiger charge is 2.07. The molecule has 1 atom stereocenters. The van der Waals surface area contributed by atoms with Gasteiger partial charge in [-0.15, -0.1) is 0 Å². The van der Waals surface area contributed by atoms with Crippen LogP contribution in [0, 0.1) is 5.92 Å². The molecule has 0 N–H and O–H groups in total. The van der Waals surface area contributed by atoms with Crippen LogP contribution in [-0.2, 0) is 9.59 Å². The minimum Gasteiger partial charge on any atom is -0.211 e. The zero-order chi connectivity index (χ0) is 31.6. The Morgan fingerprint density at radius 3 is 0.952 bits per heavy atom. The smallest absolute Gasteiger partial charge is 0.211 e. The van der Waals surface area contributed by atoms with Crippen LogP contribution in [0.1, 0.15) is 214 Å². The van der Waals surface area contributed by atoms with Crippen molar-refractivity contribution in [3.8, 4) is 0 Å². The highest BCUT2D eigenvalue weighted by molar-refractivity contribution is 5.32. The van der Waals surface area contributed by atoms with Gasteiger partial charge in [-0.25, -0.2) is 19.6 Å². The molecular weight excluding hydrogens is 516 g/mol. The van der Waals surface area contributed by atoms with Crippen molar-refractivity contribution >= 4 is 12.2 Å². The lowest BCUT2D eigenvalue weighted by Gasteiger charge is -2.16. The van der Waals surface area contributed by atoms with Crippen LogP contribution >= 0.6 is 0 Å². The van der Waals surface area contributed by atoms with E-state index in [1.165, 1.54) is 167 Å². The molecule has 0 aromatic rings. The molecule has 0 rings (SSSR count). The third-order valence-electron chi connectivity index (χ3n) is 8.02. The van der Waals surface area contributed by atoms with Crippen LogP contribution < -0.4 is 0 Å². The van der Waals surface area contributed by atoms with Gasteiger partial charge in [0.05, 0.1) is 13.1 Å². The third kappa shape index (κ3) is 48.5. The SMILES string of the molecule is CCCCCCCC(CCCC)CCCCCC.CCCCCCCCCN=C=O.CCCCCCCCCN=C=O. The van der Waals surface area contributed by atoms with Gasteiger partial charge in [0.15, 0.2) is 0 Å². The van der Waals surface area contributed by atoms with Crippen molar-refractivity contribution in [3.63, 3.8) is 0 Å². The lowest BCUT2D eigenvalue weighted by molar-refractivity contribution is 0.372. The molecule has 0 aliphatic rings. The predicted molar refractivity (Wildman–Crippen MR) is 187 cm³/mol. The van der Waals surface area contributed by atoms with Gasteiger partial charge in [0.2, 0.25) is 12.2 Å². The van der Waals surface area contributed by atoms with Crippen molar-refractivity contribution in [2.24, 2.45) is 15.9 Å². The molecule has 4 nitrogen and oxygen atoms in total. The lowest BCUT2D eigenvalue weighted by atomic mass is 9.90. The van der Waals surface area contributed by atoms with E-state index in [9.17, 15) is 9.59 Å². The molecule has 0 aliphatic heterocycles. The number of hydrogen-bond donors (Lipinski definition) is 0. The molecule has 0 fully saturated rings. The minimum absolute atomic E-state index is 0.664. The van der Waals surface area contributed by atoms with Crippen molar-refractivity contribution in [3.05, 3.63) is 0 Å². The first-order valence-electron chi connectivity index (χ1n) is 18.7. The molecule has 0 radical (unpaired) electrons. The van der Waals surface area contributed by atoms with Gasteiger partial charge < -0.3 is 0 Å². The summed E-state index contributed by atoms with van der Waals surface area (Å²) in [6, 6.07) is 0. The van der Waals surface area contributed by atoms with E-state index >= 15 is 0 Å². The number of carbonyl (C=O) groups excluding carboxylic acids is 2. The highest BCUT2D eigenvalue weighted by Crippen LogP contribution is 2.23. The summed E-state index contributed by atoms with van der Waals surface area (Å²) in [5, 5.41) is 0. The van der Waals surface area contributed by atoms with Crippen LogP contribution in [0.5, 0.6) is 0 Å². The molecule has 1 unspecified atom stereocenters. The number of nitrogens with zero attached hydrogens (tertiary/aromatic N) is 2. The number of hydrogen-bond acceptors (Lipinski definition) is 4. The van der Waals surface area contributed by atoms with Crippen LogP contribution in [-0.4, -0.2) is 25.2 Å². The van der Waals surface area contributed by atoms with Crippen LogP contribution in [0.25, 0.3) is 0 Å². The first-order valence-corrected chi connectivity index (χ1v) is 18.7. The van der Waals surface area contributed by atoms with Crippen LogP contribution in [0.2, 0.25) is 0 Å². The van der Waals surface area contributed by atoms with Gasteiger partial charge in [0, 0.05) is 0 Å². The van der Waals surface area contributed by atoms with E-state index < -0.39 is 0 Å². The molecule has 0 heterocycles. The van der Waals surface area contributed by atoms with Gasteiger partial charge in [0.1, 0.15) is 0 Å². The normalized spacial score (nSPS) is 10.9. The van der Waals surface area contributed by atoms with Crippen molar-refractivity contribution in [2.45, 2.75) is 214 Å². The Morgan fingerprint density at radius 1 is 0.357 bits per heavy atom. The monoisotopic (exact) mass is 593 g/mol. The summed E-state index contributed by atoms with van der Waals surface area (Å²) in [6.45, 7) is 12.7. The lowest BCUT2D eigenvalue weighted by Crippen LogP contribution is -2.01. The maximum absolute atomic E-state index is 9.69. The molecule has 250 valence electrons. The second-order valence-corrected chi connectivity index (χ2v) is 12.2. The number of aliphatic imine (C=N–C) groups is 2. The van der Waals surface area contributed by atoms with Gasteiger partial charge in [-0.3, -0.25) is 0 Å². The Balaban J connectivity index is -0.000000562. The van der Waals surface area contributed by atoms with E-state index in [-0.39, 0.29) is 0 Å². The van der Waals surface area contributed by atoms with Crippen molar-refractivity contribution in [1.29, 1.82) is 0 Å². The van der Waals surface area contributed by atoms with Crippen molar-refractivity contribution < 1.29 is 9.59 Å². The Morgan fingerprint density at radius 2 is 0.619 bits per heavy atom.